The molecule has 4 heteroatoms. The number of hydrogen-bond acceptors (Lipinski definition) is 2. The number of nitrogens with two attached hydrogens (primary N) is 1. The van der Waals surface area contributed by atoms with Gasteiger partial charge in [0.05, 0.1) is 0 Å². The van der Waals surface area contributed by atoms with Crippen molar-refractivity contribution in [3.63, 3.8) is 0 Å². The second-order valence-corrected chi connectivity index (χ2v) is 6.25. The highest BCUT2D eigenvalue weighted by Gasteiger charge is 2.65. The number of carbonyl (C=O) groups is 1. The average molecular weight is 283 g/mol. The Morgan fingerprint density at radius 1 is 1.16 bits per heavy atom. The standard InChI is InChI=1S/C15H22N2O.ClH/c1-14(2)13(15(14,3)4)17-12(18)11-7-5-10(9-16)6-8-11;/h5-8,13H,9,16H2,1-4H3,(H,17,18);1H. The van der Waals surface area contributed by atoms with E-state index in [1.165, 1.54) is 0 Å². The van der Waals surface area contributed by atoms with Crippen LogP contribution < -0.4 is 11.1 Å². The summed E-state index contributed by atoms with van der Waals surface area (Å²) in [4.78, 5) is 12.1. The van der Waals surface area contributed by atoms with E-state index in [0.717, 1.165) is 5.56 Å². The third-order valence-corrected chi connectivity index (χ3v) is 4.75. The zero-order chi connectivity index (χ0) is 13.6. The van der Waals surface area contributed by atoms with E-state index in [0.29, 0.717) is 12.1 Å². The number of nitrogens with one attached hydrogen (secondary N) is 1. The second kappa shape index (κ2) is 5.14. The molecule has 0 spiro atoms. The minimum atomic E-state index is 0. The van der Waals surface area contributed by atoms with E-state index >= 15 is 0 Å². The Kier molecular flexibility index (Phi) is 4.33. The van der Waals surface area contributed by atoms with Crippen LogP contribution in [-0.2, 0) is 6.54 Å². The fourth-order valence-corrected chi connectivity index (χ4v) is 2.56. The molecule has 1 aromatic rings. The number of hydrogen-bond donors (Lipinski definition) is 2. The van der Waals surface area contributed by atoms with Crippen LogP contribution in [0.2, 0.25) is 0 Å². The topological polar surface area (TPSA) is 55.1 Å². The Labute approximate surface area is 121 Å². The van der Waals surface area contributed by atoms with E-state index in [4.69, 9.17) is 5.73 Å². The summed E-state index contributed by atoms with van der Waals surface area (Å²) in [5, 5.41) is 3.12. The first kappa shape index (κ1) is 16.0. The lowest BCUT2D eigenvalue weighted by molar-refractivity contribution is 0.0943. The minimum Gasteiger partial charge on any atom is -0.348 e. The molecule has 0 unspecified atom stereocenters. The number of amides is 1. The first-order valence-electron chi connectivity index (χ1n) is 6.40. The molecule has 0 radical (unpaired) electrons. The highest BCUT2D eigenvalue weighted by molar-refractivity contribution is 5.94. The Balaban J connectivity index is 0.00000180. The highest BCUT2D eigenvalue weighted by Crippen LogP contribution is 2.62. The van der Waals surface area contributed by atoms with Crippen LogP contribution in [0.5, 0.6) is 0 Å². The first-order valence-corrected chi connectivity index (χ1v) is 6.40. The van der Waals surface area contributed by atoms with Gasteiger partial charge in [0.15, 0.2) is 0 Å². The number of benzene rings is 1. The van der Waals surface area contributed by atoms with Crippen molar-refractivity contribution >= 4 is 18.3 Å². The molecule has 0 atom stereocenters. The van der Waals surface area contributed by atoms with Crippen molar-refractivity contribution in [2.45, 2.75) is 40.3 Å². The number of halogens is 1. The Hall–Kier alpha value is -1.06. The van der Waals surface area contributed by atoms with Crippen LogP contribution in [0.25, 0.3) is 0 Å². The maximum Gasteiger partial charge on any atom is 0.251 e. The molecular weight excluding hydrogens is 260 g/mol. The molecule has 3 nitrogen and oxygen atoms in total. The van der Waals surface area contributed by atoms with Gasteiger partial charge in [0.2, 0.25) is 0 Å². The normalized spacial score (nSPS) is 19.4. The van der Waals surface area contributed by atoms with E-state index in [1.54, 1.807) is 0 Å². The lowest BCUT2D eigenvalue weighted by Crippen LogP contribution is -2.29. The molecule has 19 heavy (non-hydrogen) atoms. The fourth-order valence-electron chi connectivity index (χ4n) is 2.56. The fraction of sp³-hybridized carbons (Fsp3) is 0.533. The molecule has 0 saturated heterocycles. The van der Waals surface area contributed by atoms with Crippen molar-refractivity contribution in [1.29, 1.82) is 0 Å². The number of carbonyl (C=O) groups excluding carboxylic acids is 1. The summed E-state index contributed by atoms with van der Waals surface area (Å²) in [7, 11) is 0. The van der Waals surface area contributed by atoms with Crippen molar-refractivity contribution in [1.82, 2.24) is 5.32 Å². The smallest absolute Gasteiger partial charge is 0.251 e. The molecule has 3 N–H and O–H groups in total. The summed E-state index contributed by atoms with van der Waals surface area (Å²) < 4.78 is 0. The van der Waals surface area contributed by atoms with Gasteiger partial charge in [0, 0.05) is 18.2 Å². The maximum atomic E-state index is 12.1. The van der Waals surface area contributed by atoms with E-state index in [1.807, 2.05) is 24.3 Å². The molecule has 0 aliphatic heterocycles. The van der Waals surface area contributed by atoms with Crippen LogP contribution in [0.1, 0.15) is 43.6 Å². The largest absolute Gasteiger partial charge is 0.348 e. The van der Waals surface area contributed by atoms with Gasteiger partial charge in [-0.05, 0) is 28.5 Å². The lowest BCUT2D eigenvalue weighted by Gasteiger charge is -2.07. The molecule has 1 aromatic carbocycles. The van der Waals surface area contributed by atoms with Crippen LogP contribution in [-0.4, -0.2) is 11.9 Å². The van der Waals surface area contributed by atoms with Crippen molar-refractivity contribution in [2.75, 3.05) is 0 Å². The molecule has 1 fully saturated rings. The zero-order valence-corrected chi connectivity index (χ0v) is 12.8. The Morgan fingerprint density at radius 2 is 1.63 bits per heavy atom. The Bertz CT molecular complexity index is 452. The van der Waals surface area contributed by atoms with Gasteiger partial charge in [0.25, 0.3) is 5.91 Å². The van der Waals surface area contributed by atoms with Gasteiger partial charge in [-0.3, -0.25) is 4.79 Å². The highest BCUT2D eigenvalue weighted by atomic mass is 35.5. The number of rotatable bonds is 3. The van der Waals surface area contributed by atoms with Gasteiger partial charge >= 0.3 is 0 Å². The molecule has 1 aliphatic carbocycles. The van der Waals surface area contributed by atoms with E-state index < -0.39 is 0 Å². The van der Waals surface area contributed by atoms with Gasteiger partial charge < -0.3 is 11.1 Å². The Morgan fingerprint density at radius 3 is 2.00 bits per heavy atom. The molecule has 1 amide bonds. The van der Waals surface area contributed by atoms with E-state index in [9.17, 15) is 4.79 Å². The van der Waals surface area contributed by atoms with Crippen LogP contribution in [0.4, 0.5) is 0 Å². The zero-order valence-electron chi connectivity index (χ0n) is 12.0. The molecule has 1 aliphatic rings. The second-order valence-electron chi connectivity index (χ2n) is 6.25. The lowest BCUT2D eigenvalue weighted by atomic mass is 10.0. The van der Waals surface area contributed by atoms with Gasteiger partial charge in [-0.1, -0.05) is 39.8 Å². The van der Waals surface area contributed by atoms with Gasteiger partial charge in [-0.15, -0.1) is 12.4 Å². The van der Waals surface area contributed by atoms with E-state index in [2.05, 4.69) is 33.0 Å². The van der Waals surface area contributed by atoms with Crippen molar-refractivity contribution in [3.05, 3.63) is 35.4 Å². The van der Waals surface area contributed by atoms with Crippen molar-refractivity contribution < 1.29 is 4.79 Å². The van der Waals surface area contributed by atoms with Crippen LogP contribution >= 0.6 is 12.4 Å². The summed E-state index contributed by atoms with van der Waals surface area (Å²) in [5.41, 5.74) is 7.61. The van der Waals surface area contributed by atoms with Gasteiger partial charge in [0.1, 0.15) is 0 Å². The molecular formula is C15H23ClN2O. The van der Waals surface area contributed by atoms with Crippen LogP contribution in [0.3, 0.4) is 0 Å². The van der Waals surface area contributed by atoms with Crippen LogP contribution in [0.15, 0.2) is 24.3 Å². The molecule has 0 heterocycles. The van der Waals surface area contributed by atoms with Gasteiger partial charge in [-0.25, -0.2) is 0 Å². The van der Waals surface area contributed by atoms with E-state index in [-0.39, 0.29) is 35.2 Å². The maximum absolute atomic E-state index is 12.1. The summed E-state index contributed by atoms with van der Waals surface area (Å²) in [6, 6.07) is 7.71. The predicted octanol–water partition coefficient (Wildman–Crippen LogP) is 2.73. The quantitative estimate of drug-likeness (QED) is 0.896. The summed E-state index contributed by atoms with van der Waals surface area (Å²) >= 11 is 0. The monoisotopic (exact) mass is 282 g/mol. The van der Waals surface area contributed by atoms with Crippen molar-refractivity contribution in [2.24, 2.45) is 16.6 Å². The minimum absolute atomic E-state index is 0. The molecule has 0 bridgehead atoms. The third kappa shape index (κ3) is 2.63. The van der Waals surface area contributed by atoms with Gasteiger partial charge in [-0.2, -0.15) is 0 Å². The molecule has 2 rings (SSSR count). The summed E-state index contributed by atoms with van der Waals surface area (Å²) in [5.74, 6) is 0.00206. The van der Waals surface area contributed by atoms with Crippen molar-refractivity contribution in [3.8, 4) is 0 Å². The molecule has 1 saturated carbocycles. The molecule has 0 aromatic heterocycles. The SMILES string of the molecule is CC1(C)C(NC(=O)c2ccc(CN)cc2)C1(C)C.Cl. The first-order chi connectivity index (χ1) is 8.30. The summed E-state index contributed by atoms with van der Waals surface area (Å²) in [6.45, 7) is 9.26. The summed E-state index contributed by atoms with van der Waals surface area (Å²) in [6.07, 6.45) is 0. The molecule has 106 valence electrons. The average Bonchev–Trinajstić information content (AvgIpc) is 2.72. The third-order valence-electron chi connectivity index (χ3n) is 4.75. The van der Waals surface area contributed by atoms with Crippen LogP contribution in [0, 0.1) is 10.8 Å². The predicted molar refractivity (Wildman–Crippen MR) is 80.4 cm³/mol.